The molecule has 0 amide bonds. The zero-order valence-electron chi connectivity index (χ0n) is 40.3. The second-order valence-electron chi connectivity index (χ2n) is 19.0. The molecule has 2 N–H and O–H groups in total. The number of aromatic nitrogens is 5. The van der Waals surface area contributed by atoms with E-state index in [2.05, 4.69) is 89.3 Å². The Hall–Kier alpha value is -6.85. The number of halogens is 2. The molecule has 2 atom stereocenters. The molecule has 0 saturated heterocycles. The van der Waals surface area contributed by atoms with E-state index in [1.54, 1.807) is 45.7 Å². The normalized spacial score (nSPS) is 16.7. The molecule has 17 heteroatoms. The van der Waals surface area contributed by atoms with Crippen LogP contribution in [-0.2, 0) is 59.1 Å². The van der Waals surface area contributed by atoms with Crippen LogP contribution in [0.5, 0.6) is 0 Å². The van der Waals surface area contributed by atoms with Gasteiger partial charge in [0.15, 0.2) is 0 Å². The lowest BCUT2D eigenvalue weighted by molar-refractivity contribution is 0.370. The van der Waals surface area contributed by atoms with Gasteiger partial charge in [-0.3, -0.25) is 4.98 Å². The van der Waals surface area contributed by atoms with Crippen molar-refractivity contribution in [2.24, 2.45) is 0 Å². The lowest BCUT2D eigenvalue weighted by atomic mass is 9.96. The highest BCUT2D eigenvalue weighted by Gasteiger charge is 2.37. The number of H-pyrrole nitrogens is 2. The third kappa shape index (κ3) is 10.5. The van der Waals surface area contributed by atoms with Crippen molar-refractivity contribution >= 4 is 65.5 Å². The van der Waals surface area contributed by atoms with E-state index in [-0.39, 0.29) is 58.1 Å². The molecule has 0 fully saturated rings. The minimum absolute atomic E-state index is 0.0344. The quantitative estimate of drug-likeness (QED) is 0.102. The van der Waals surface area contributed by atoms with Crippen molar-refractivity contribution in [1.29, 1.82) is 0 Å². The van der Waals surface area contributed by atoms with Gasteiger partial charge in [-0.05, 0) is 114 Å². The molecule has 9 aromatic rings. The van der Waals surface area contributed by atoms with Gasteiger partial charge in [0.05, 0.1) is 52.6 Å². The molecule has 2 aliphatic rings. The number of aromatic amines is 2. The van der Waals surface area contributed by atoms with Crippen LogP contribution in [0.1, 0.15) is 46.5 Å². The number of imidazole rings is 2. The number of nitrogens with zero attached hydrogens (tertiary/aromatic N) is 7. The van der Waals surface area contributed by atoms with Crippen LogP contribution >= 0.6 is 23.2 Å². The number of hydrogen-bond donors (Lipinski definition) is 2. The lowest BCUT2D eigenvalue weighted by Crippen LogP contribution is -2.43. The van der Waals surface area contributed by atoms with Crippen LogP contribution in [0.15, 0.2) is 187 Å². The minimum atomic E-state index is -4.15. The highest BCUT2D eigenvalue weighted by Crippen LogP contribution is 2.39. The van der Waals surface area contributed by atoms with Gasteiger partial charge in [0, 0.05) is 78.6 Å². The zero-order chi connectivity index (χ0) is 50.8. The van der Waals surface area contributed by atoms with Gasteiger partial charge in [0.1, 0.15) is 4.90 Å². The van der Waals surface area contributed by atoms with E-state index in [1.165, 1.54) is 12.1 Å². The molecule has 11 rings (SSSR count). The van der Waals surface area contributed by atoms with Gasteiger partial charge in [-0.1, -0.05) is 114 Å². The van der Waals surface area contributed by atoms with E-state index >= 15 is 0 Å². The van der Waals surface area contributed by atoms with Gasteiger partial charge in [-0.25, -0.2) is 26.8 Å². The standard InChI is InChI=1S/C57H53Cl2N9O4S2/c58-47-19-23-53(59)57(28-47)74(71,72)66-33-46-27-44(18-24-56(46)68(35-49-31-61-39-64-49)50(37-66)20-15-40-8-2-1-3-9-40)43-12-6-10-41(26-43)16-21-51-36-65(73(69,70)52-22-17-42-13-7-25-62-54(42)29-52)32-45-11-4-5-14-55(45)67(51)34-48-30-60-38-63-48/h1-14,17-19,22-31,38-39,50-51H,15-16,20-21,32-37H2,(H,60,63)(H,61,64). The fourth-order valence-electron chi connectivity index (χ4n) is 10.5. The maximum Gasteiger partial charge on any atom is 0.244 e. The molecule has 0 bridgehead atoms. The SMILES string of the molecule is O=S(=O)(c1ccc2cccnc2c1)N1Cc2ccccc2N(Cc2cnc[nH]2)C(CCc2cccc(-c3ccc4c(c3)CN(S(=O)(=O)c3cc(Cl)ccc3Cl)CC(CCc3ccccc3)N4Cc3cnc[nH]3)c2)C1. The second kappa shape index (κ2) is 21.2. The fourth-order valence-corrected chi connectivity index (χ4v) is 14.1. The summed E-state index contributed by atoms with van der Waals surface area (Å²) in [6.07, 6.45) is 11.3. The molecule has 74 heavy (non-hydrogen) atoms. The third-order valence-corrected chi connectivity index (χ3v) is 18.6. The van der Waals surface area contributed by atoms with Crippen molar-refractivity contribution < 1.29 is 16.8 Å². The van der Waals surface area contributed by atoms with Gasteiger partial charge in [-0.15, -0.1) is 0 Å². The molecule has 0 spiro atoms. The Bertz CT molecular complexity index is 3660. The predicted molar refractivity (Wildman–Crippen MR) is 292 cm³/mol. The summed E-state index contributed by atoms with van der Waals surface area (Å²) < 4.78 is 62.4. The third-order valence-electron chi connectivity index (χ3n) is 14.2. The largest absolute Gasteiger partial charge is 0.361 e. The number of fused-ring (bicyclic) bond motifs is 3. The molecule has 6 aromatic carbocycles. The van der Waals surface area contributed by atoms with Crippen molar-refractivity contribution in [3.05, 3.63) is 221 Å². The number of aryl methyl sites for hydroxylation is 2. The Morgan fingerprint density at radius 3 is 1.95 bits per heavy atom. The van der Waals surface area contributed by atoms with Crippen LogP contribution in [-0.4, -0.2) is 75.5 Å². The summed E-state index contributed by atoms with van der Waals surface area (Å²) in [5, 5.41) is 1.25. The molecule has 2 aliphatic heterocycles. The number of sulfonamides is 2. The van der Waals surface area contributed by atoms with E-state index in [4.69, 9.17) is 23.2 Å². The van der Waals surface area contributed by atoms with Crippen molar-refractivity contribution in [3.63, 3.8) is 0 Å². The number of anilines is 2. The lowest BCUT2D eigenvalue weighted by Gasteiger charge is -2.34. The first-order valence-electron chi connectivity index (χ1n) is 24.6. The highest BCUT2D eigenvalue weighted by atomic mass is 35.5. The second-order valence-corrected chi connectivity index (χ2v) is 23.7. The Morgan fingerprint density at radius 2 is 1.22 bits per heavy atom. The summed E-state index contributed by atoms with van der Waals surface area (Å²) >= 11 is 13.1. The topological polar surface area (TPSA) is 151 Å². The summed E-state index contributed by atoms with van der Waals surface area (Å²) in [6.45, 7) is 1.74. The smallest absolute Gasteiger partial charge is 0.244 e. The maximum absolute atomic E-state index is 14.9. The molecular formula is C57H53Cl2N9O4S2. The number of para-hydroxylation sites is 1. The van der Waals surface area contributed by atoms with Crippen LogP contribution in [0.4, 0.5) is 11.4 Å². The van der Waals surface area contributed by atoms with Gasteiger partial charge in [0.25, 0.3) is 0 Å². The van der Waals surface area contributed by atoms with Crippen molar-refractivity contribution in [3.8, 4) is 11.1 Å². The molecule has 2 unspecified atom stereocenters. The van der Waals surface area contributed by atoms with Crippen LogP contribution in [0.2, 0.25) is 10.0 Å². The number of rotatable bonds is 15. The highest BCUT2D eigenvalue weighted by molar-refractivity contribution is 7.89. The van der Waals surface area contributed by atoms with Gasteiger partial charge in [-0.2, -0.15) is 8.61 Å². The van der Waals surface area contributed by atoms with Gasteiger partial charge in [0.2, 0.25) is 20.0 Å². The minimum Gasteiger partial charge on any atom is -0.361 e. The number of pyridine rings is 1. The Balaban J connectivity index is 0.931. The molecule has 13 nitrogen and oxygen atoms in total. The summed E-state index contributed by atoms with van der Waals surface area (Å²) in [7, 11) is -8.11. The van der Waals surface area contributed by atoms with Crippen LogP contribution in [0.3, 0.4) is 0 Å². The first kappa shape index (κ1) is 49.4. The predicted octanol–water partition coefficient (Wildman–Crippen LogP) is 11.1. The van der Waals surface area contributed by atoms with E-state index in [0.717, 1.165) is 68.0 Å². The first-order chi connectivity index (χ1) is 36.0. The summed E-state index contributed by atoms with van der Waals surface area (Å²) in [5.74, 6) is 0. The van der Waals surface area contributed by atoms with Gasteiger partial charge >= 0.3 is 0 Å². The first-order valence-corrected chi connectivity index (χ1v) is 28.2. The molecule has 376 valence electrons. The maximum atomic E-state index is 14.9. The van der Waals surface area contributed by atoms with Gasteiger partial charge < -0.3 is 19.8 Å². The van der Waals surface area contributed by atoms with E-state index < -0.39 is 20.0 Å². The van der Waals surface area contributed by atoms with E-state index in [9.17, 15) is 16.8 Å². The van der Waals surface area contributed by atoms with Crippen molar-refractivity contribution in [1.82, 2.24) is 33.5 Å². The summed E-state index contributed by atoms with van der Waals surface area (Å²) in [4.78, 5) is 24.4. The molecule has 0 radical (unpaired) electrons. The van der Waals surface area contributed by atoms with Crippen LogP contribution in [0.25, 0.3) is 22.0 Å². The Labute approximate surface area is 441 Å². The number of hydrogen-bond acceptors (Lipinski definition) is 9. The molecule has 0 aliphatic carbocycles. The average molecular weight is 1060 g/mol. The Morgan fingerprint density at radius 1 is 0.568 bits per heavy atom. The van der Waals surface area contributed by atoms with Crippen LogP contribution in [0, 0.1) is 0 Å². The summed E-state index contributed by atoms with van der Waals surface area (Å²) in [6, 6.07) is 46.0. The number of nitrogens with one attached hydrogen (secondary N) is 2. The Kier molecular flexibility index (Phi) is 14.1. The average Bonchev–Trinajstić information content (AvgIpc) is 4.10. The zero-order valence-corrected chi connectivity index (χ0v) is 43.4. The molecule has 3 aromatic heterocycles. The van der Waals surface area contributed by atoms with Crippen molar-refractivity contribution in [2.45, 2.75) is 73.7 Å². The van der Waals surface area contributed by atoms with Crippen molar-refractivity contribution in [2.75, 3.05) is 22.9 Å². The molecule has 0 saturated carbocycles. The fraction of sp³-hybridized carbons (Fsp3) is 0.211. The monoisotopic (exact) mass is 1060 g/mol. The van der Waals surface area contributed by atoms with E-state index in [0.29, 0.717) is 37.9 Å². The summed E-state index contributed by atoms with van der Waals surface area (Å²) in [5.41, 5.74) is 10.2. The molecule has 5 heterocycles. The van der Waals surface area contributed by atoms with E-state index in [1.807, 2.05) is 73.1 Å². The van der Waals surface area contributed by atoms with Crippen LogP contribution < -0.4 is 9.80 Å². The number of benzene rings is 6. The molecular weight excluding hydrogens is 1010 g/mol.